The molecule has 0 saturated heterocycles. The van der Waals surface area contributed by atoms with Crippen molar-refractivity contribution in [3.63, 3.8) is 0 Å². The van der Waals surface area contributed by atoms with Crippen LogP contribution in [0, 0.1) is 20.8 Å². The first-order valence-corrected chi connectivity index (χ1v) is 7.19. The Hall–Kier alpha value is -2.16. The molecule has 0 bridgehead atoms. The third-order valence-corrected chi connectivity index (χ3v) is 3.44. The Morgan fingerprint density at radius 3 is 2.29 bits per heavy atom. The van der Waals surface area contributed by atoms with Crippen LogP contribution in [0.1, 0.15) is 30.5 Å². The third-order valence-electron chi connectivity index (χ3n) is 3.44. The van der Waals surface area contributed by atoms with Gasteiger partial charge in [-0.25, -0.2) is 0 Å². The Labute approximate surface area is 126 Å². The maximum atomic E-state index is 6.06. The lowest BCUT2D eigenvalue weighted by atomic mass is 10.1. The molecular formula is C18H23NO2. The Balaban J connectivity index is 2.34. The van der Waals surface area contributed by atoms with Crippen LogP contribution in [0.4, 0.5) is 5.69 Å². The van der Waals surface area contributed by atoms with Crippen molar-refractivity contribution in [3.8, 4) is 17.2 Å². The molecule has 0 saturated carbocycles. The van der Waals surface area contributed by atoms with E-state index in [9.17, 15) is 0 Å². The lowest BCUT2D eigenvalue weighted by Crippen LogP contribution is -2.07. The summed E-state index contributed by atoms with van der Waals surface area (Å²) in [6.45, 7) is 10.1. The lowest BCUT2D eigenvalue weighted by Gasteiger charge is -2.16. The van der Waals surface area contributed by atoms with Crippen molar-refractivity contribution in [2.45, 2.75) is 40.7 Å². The molecule has 2 aromatic carbocycles. The number of hydrogen-bond donors (Lipinski definition) is 1. The van der Waals surface area contributed by atoms with E-state index >= 15 is 0 Å². The van der Waals surface area contributed by atoms with Gasteiger partial charge in [0.05, 0.1) is 11.8 Å². The van der Waals surface area contributed by atoms with Crippen molar-refractivity contribution in [2.24, 2.45) is 0 Å². The SMILES string of the molecule is Cc1ccc(C)c(Oc2ccc(N)c(OC(C)C)c2)c1C. The molecule has 0 radical (unpaired) electrons. The molecule has 2 N–H and O–H groups in total. The summed E-state index contributed by atoms with van der Waals surface area (Å²) in [5.74, 6) is 2.29. The maximum absolute atomic E-state index is 6.06. The van der Waals surface area contributed by atoms with Crippen molar-refractivity contribution in [3.05, 3.63) is 47.0 Å². The highest BCUT2D eigenvalue weighted by Gasteiger charge is 2.10. The van der Waals surface area contributed by atoms with E-state index in [0.29, 0.717) is 11.4 Å². The standard InChI is InChI=1S/C18H23NO2/c1-11(2)20-17-10-15(8-9-16(17)19)21-18-13(4)7-6-12(3)14(18)5/h6-11H,19H2,1-5H3. The number of nitrogens with two attached hydrogens (primary N) is 1. The van der Waals surface area contributed by atoms with Gasteiger partial charge in [-0.1, -0.05) is 12.1 Å². The zero-order valence-electron chi connectivity index (χ0n) is 13.4. The zero-order valence-corrected chi connectivity index (χ0v) is 13.4. The monoisotopic (exact) mass is 285 g/mol. The summed E-state index contributed by atoms with van der Waals surface area (Å²) in [6.07, 6.45) is 0.0741. The first-order valence-electron chi connectivity index (χ1n) is 7.19. The number of ether oxygens (including phenoxy) is 2. The number of rotatable bonds is 4. The van der Waals surface area contributed by atoms with Gasteiger partial charge in [0.1, 0.15) is 17.2 Å². The molecular weight excluding hydrogens is 262 g/mol. The highest BCUT2D eigenvalue weighted by Crippen LogP contribution is 2.34. The van der Waals surface area contributed by atoms with E-state index in [4.69, 9.17) is 15.2 Å². The van der Waals surface area contributed by atoms with Crippen LogP contribution in [-0.2, 0) is 0 Å². The second kappa shape index (κ2) is 6.08. The van der Waals surface area contributed by atoms with Crippen LogP contribution < -0.4 is 15.2 Å². The molecule has 0 unspecified atom stereocenters. The minimum absolute atomic E-state index is 0.0741. The number of hydrogen-bond acceptors (Lipinski definition) is 3. The average molecular weight is 285 g/mol. The molecule has 2 rings (SSSR count). The van der Waals surface area contributed by atoms with E-state index in [2.05, 4.69) is 26.0 Å². The molecule has 0 aliphatic carbocycles. The summed E-state index contributed by atoms with van der Waals surface area (Å²) >= 11 is 0. The Morgan fingerprint density at radius 2 is 1.62 bits per heavy atom. The highest BCUT2D eigenvalue weighted by molar-refractivity contribution is 5.57. The first-order chi connectivity index (χ1) is 9.88. The topological polar surface area (TPSA) is 44.5 Å². The van der Waals surface area contributed by atoms with Crippen LogP contribution in [0.25, 0.3) is 0 Å². The molecule has 0 amide bonds. The average Bonchev–Trinajstić information content (AvgIpc) is 2.42. The largest absolute Gasteiger partial charge is 0.489 e. The number of benzene rings is 2. The molecule has 0 heterocycles. The summed E-state index contributed by atoms with van der Waals surface area (Å²) < 4.78 is 11.8. The van der Waals surface area contributed by atoms with Crippen LogP contribution in [0.3, 0.4) is 0 Å². The minimum Gasteiger partial charge on any atom is -0.489 e. The van der Waals surface area contributed by atoms with Gasteiger partial charge in [0.15, 0.2) is 0 Å². The summed E-state index contributed by atoms with van der Waals surface area (Å²) in [5, 5.41) is 0. The van der Waals surface area contributed by atoms with E-state index in [1.165, 1.54) is 5.56 Å². The second-order valence-electron chi connectivity index (χ2n) is 5.62. The quantitative estimate of drug-likeness (QED) is 0.823. The Morgan fingerprint density at radius 1 is 0.952 bits per heavy atom. The van der Waals surface area contributed by atoms with Gasteiger partial charge >= 0.3 is 0 Å². The van der Waals surface area contributed by atoms with Gasteiger partial charge < -0.3 is 15.2 Å². The van der Waals surface area contributed by atoms with Gasteiger partial charge in [-0.15, -0.1) is 0 Å². The zero-order chi connectivity index (χ0) is 15.6. The van der Waals surface area contributed by atoms with Gasteiger partial charge in [-0.05, 0) is 63.4 Å². The molecule has 21 heavy (non-hydrogen) atoms. The third kappa shape index (κ3) is 3.48. The van der Waals surface area contributed by atoms with Gasteiger partial charge in [0, 0.05) is 6.07 Å². The molecule has 0 aliphatic rings. The van der Waals surface area contributed by atoms with Crippen LogP contribution in [0.5, 0.6) is 17.2 Å². The predicted octanol–water partition coefficient (Wildman–Crippen LogP) is 4.77. The predicted molar refractivity (Wildman–Crippen MR) is 87.3 cm³/mol. The molecule has 0 aromatic heterocycles. The van der Waals surface area contributed by atoms with Gasteiger partial charge in [-0.2, -0.15) is 0 Å². The van der Waals surface area contributed by atoms with Crippen molar-refractivity contribution in [2.75, 3.05) is 5.73 Å². The van der Waals surface area contributed by atoms with E-state index in [-0.39, 0.29) is 6.10 Å². The fraction of sp³-hybridized carbons (Fsp3) is 0.333. The van der Waals surface area contributed by atoms with E-state index in [1.54, 1.807) is 0 Å². The summed E-state index contributed by atoms with van der Waals surface area (Å²) in [4.78, 5) is 0. The molecule has 0 fully saturated rings. The van der Waals surface area contributed by atoms with Crippen molar-refractivity contribution in [1.29, 1.82) is 0 Å². The highest BCUT2D eigenvalue weighted by atomic mass is 16.5. The van der Waals surface area contributed by atoms with Crippen molar-refractivity contribution >= 4 is 5.69 Å². The first kappa shape index (κ1) is 15.2. The lowest BCUT2D eigenvalue weighted by molar-refractivity contribution is 0.243. The Bertz CT molecular complexity index is 648. The van der Waals surface area contributed by atoms with E-state index in [0.717, 1.165) is 22.6 Å². The summed E-state index contributed by atoms with van der Waals surface area (Å²) in [6, 6.07) is 9.70. The van der Waals surface area contributed by atoms with Crippen molar-refractivity contribution < 1.29 is 9.47 Å². The molecule has 2 aromatic rings. The smallest absolute Gasteiger partial charge is 0.146 e. The maximum Gasteiger partial charge on any atom is 0.146 e. The Kier molecular flexibility index (Phi) is 4.41. The number of anilines is 1. The molecule has 3 heteroatoms. The van der Waals surface area contributed by atoms with Crippen LogP contribution in [0.2, 0.25) is 0 Å². The molecule has 0 aliphatic heterocycles. The number of nitrogen functional groups attached to an aromatic ring is 1. The minimum atomic E-state index is 0.0741. The fourth-order valence-electron chi connectivity index (χ4n) is 2.13. The molecule has 0 atom stereocenters. The van der Waals surface area contributed by atoms with E-state index in [1.807, 2.05) is 39.0 Å². The second-order valence-corrected chi connectivity index (χ2v) is 5.62. The normalized spacial score (nSPS) is 10.8. The van der Waals surface area contributed by atoms with Crippen LogP contribution >= 0.6 is 0 Å². The van der Waals surface area contributed by atoms with E-state index < -0.39 is 0 Å². The number of aryl methyl sites for hydroxylation is 2. The van der Waals surface area contributed by atoms with Gasteiger partial charge in [-0.3, -0.25) is 0 Å². The fourth-order valence-corrected chi connectivity index (χ4v) is 2.13. The molecule has 3 nitrogen and oxygen atoms in total. The van der Waals surface area contributed by atoms with Crippen LogP contribution in [0.15, 0.2) is 30.3 Å². The summed E-state index contributed by atoms with van der Waals surface area (Å²) in [7, 11) is 0. The summed E-state index contributed by atoms with van der Waals surface area (Å²) in [5.41, 5.74) is 10.0. The van der Waals surface area contributed by atoms with Gasteiger partial charge in [0.25, 0.3) is 0 Å². The van der Waals surface area contributed by atoms with Gasteiger partial charge in [0.2, 0.25) is 0 Å². The van der Waals surface area contributed by atoms with Crippen LogP contribution in [-0.4, -0.2) is 6.10 Å². The molecule has 112 valence electrons. The van der Waals surface area contributed by atoms with Crippen molar-refractivity contribution in [1.82, 2.24) is 0 Å². The molecule has 0 spiro atoms.